The third kappa shape index (κ3) is 2.91. The zero-order valence-corrected chi connectivity index (χ0v) is 7.62. The molecule has 3 heteroatoms. The van der Waals surface area contributed by atoms with Crippen molar-refractivity contribution in [2.75, 3.05) is 20.3 Å². The molecule has 0 radical (unpaired) electrons. The van der Waals surface area contributed by atoms with Crippen LogP contribution in [0.4, 0.5) is 0 Å². The van der Waals surface area contributed by atoms with Gasteiger partial charge in [-0.25, -0.2) is 0 Å². The van der Waals surface area contributed by atoms with E-state index in [1.54, 1.807) is 0 Å². The van der Waals surface area contributed by atoms with Crippen LogP contribution in [0.5, 0.6) is 0 Å². The minimum Gasteiger partial charge on any atom is -0.394 e. The van der Waals surface area contributed by atoms with Gasteiger partial charge < -0.3 is 9.84 Å². The van der Waals surface area contributed by atoms with Gasteiger partial charge in [-0.05, 0) is 25.7 Å². The minimum absolute atomic E-state index is 0.130. The molecule has 12 heavy (non-hydrogen) atoms. The van der Waals surface area contributed by atoms with Crippen molar-refractivity contribution in [3.8, 4) is 0 Å². The Morgan fingerprint density at radius 3 is 2.67 bits per heavy atom. The van der Waals surface area contributed by atoms with Crippen molar-refractivity contribution in [1.29, 1.82) is 0 Å². The van der Waals surface area contributed by atoms with Gasteiger partial charge in [-0.2, -0.15) is 0 Å². The molecule has 1 aliphatic carbocycles. The minimum atomic E-state index is 0.130. The highest BCUT2D eigenvalue weighted by Gasteiger charge is 2.16. The molecule has 0 aromatic rings. The summed E-state index contributed by atoms with van der Waals surface area (Å²) in [7, 11) is 1.85. The monoisotopic (exact) mass is 171 g/mol. The lowest BCUT2D eigenvalue weighted by Crippen LogP contribution is -2.22. The van der Waals surface area contributed by atoms with E-state index in [4.69, 9.17) is 9.84 Å². The summed E-state index contributed by atoms with van der Waals surface area (Å²) in [6, 6.07) is 0. The number of aliphatic hydroxyl groups is 1. The van der Waals surface area contributed by atoms with Crippen LogP contribution in [0, 0.1) is 0 Å². The molecule has 0 spiro atoms. The molecule has 0 heterocycles. The topological polar surface area (TPSA) is 41.8 Å². The van der Waals surface area contributed by atoms with Gasteiger partial charge in [0.15, 0.2) is 0 Å². The van der Waals surface area contributed by atoms with Gasteiger partial charge >= 0.3 is 0 Å². The summed E-state index contributed by atoms with van der Waals surface area (Å²) in [4.78, 5) is 4.17. The van der Waals surface area contributed by atoms with E-state index in [0.717, 1.165) is 25.7 Å². The van der Waals surface area contributed by atoms with E-state index in [1.807, 2.05) is 7.05 Å². The molecular formula is C9H17NO2. The Bertz CT molecular complexity index is 147. The molecule has 0 unspecified atom stereocenters. The van der Waals surface area contributed by atoms with E-state index >= 15 is 0 Å². The van der Waals surface area contributed by atoms with Crippen LogP contribution in [0.2, 0.25) is 0 Å². The van der Waals surface area contributed by atoms with E-state index in [2.05, 4.69) is 4.99 Å². The predicted octanol–water partition coefficient (Wildman–Crippen LogP) is 1.01. The summed E-state index contributed by atoms with van der Waals surface area (Å²) in [6.07, 6.45) is 4.60. The molecule has 3 nitrogen and oxygen atoms in total. The number of nitrogens with zero attached hydrogens (tertiary/aromatic N) is 1. The molecule has 0 aromatic heterocycles. The predicted molar refractivity (Wildman–Crippen MR) is 48.7 cm³/mol. The lowest BCUT2D eigenvalue weighted by atomic mass is 9.96. The lowest BCUT2D eigenvalue weighted by Gasteiger charge is -2.22. The smallest absolute Gasteiger partial charge is 0.0701 e. The Labute approximate surface area is 73.5 Å². The zero-order chi connectivity index (χ0) is 8.81. The summed E-state index contributed by atoms with van der Waals surface area (Å²) >= 11 is 0. The third-order valence-electron chi connectivity index (χ3n) is 2.27. The van der Waals surface area contributed by atoms with Crippen LogP contribution in [0.25, 0.3) is 0 Å². The van der Waals surface area contributed by atoms with Crippen LogP contribution in [-0.2, 0) is 4.74 Å². The number of aliphatic hydroxyl groups excluding tert-OH is 1. The first-order chi connectivity index (χ1) is 5.86. The SMILES string of the molecule is CN=C1CCC(OCCO)CC1. The summed E-state index contributed by atoms with van der Waals surface area (Å²) in [6.45, 7) is 0.606. The first kappa shape index (κ1) is 9.68. The Morgan fingerprint density at radius 2 is 2.17 bits per heavy atom. The maximum Gasteiger partial charge on any atom is 0.0701 e. The van der Waals surface area contributed by atoms with E-state index < -0.39 is 0 Å². The molecule has 0 bridgehead atoms. The number of aliphatic imine (C=N–C) groups is 1. The van der Waals surface area contributed by atoms with Crippen molar-refractivity contribution in [3.05, 3.63) is 0 Å². The fraction of sp³-hybridized carbons (Fsp3) is 0.889. The number of ether oxygens (including phenoxy) is 1. The number of hydrogen-bond acceptors (Lipinski definition) is 3. The molecule has 1 aliphatic rings. The van der Waals surface area contributed by atoms with Gasteiger partial charge in [0.25, 0.3) is 0 Å². The van der Waals surface area contributed by atoms with Gasteiger partial charge in [0.2, 0.25) is 0 Å². The van der Waals surface area contributed by atoms with Crippen LogP contribution in [0.1, 0.15) is 25.7 Å². The molecule has 0 amide bonds. The molecule has 0 aromatic carbocycles. The largest absolute Gasteiger partial charge is 0.394 e. The first-order valence-electron chi connectivity index (χ1n) is 4.54. The van der Waals surface area contributed by atoms with Crippen molar-refractivity contribution < 1.29 is 9.84 Å². The van der Waals surface area contributed by atoms with Crippen LogP contribution in [0.3, 0.4) is 0 Å². The molecule has 1 rings (SSSR count). The molecule has 1 saturated carbocycles. The highest BCUT2D eigenvalue weighted by atomic mass is 16.5. The van der Waals surface area contributed by atoms with E-state index in [-0.39, 0.29) is 6.61 Å². The second kappa shape index (κ2) is 5.27. The summed E-state index contributed by atoms with van der Waals surface area (Å²) in [5.74, 6) is 0. The second-order valence-corrected chi connectivity index (χ2v) is 3.08. The molecule has 0 atom stereocenters. The maximum atomic E-state index is 8.55. The van der Waals surface area contributed by atoms with Crippen molar-refractivity contribution in [1.82, 2.24) is 0 Å². The van der Waals surface area contributed by atoms with Crippen molar-refractivity contribution in [2.24, 2.45) is 4.99 Å². The van der Waals surface area contributed by atoms with Crippen molar-refractivity contribution >= 4 is 5.71 Å². The van der Waals surface area contributed by atoms with E-state index in [1.165, 1.54) is 5.71 Å². The lowest BCUT2D eigenvalue weighted by molar-refractivity contribution is 0.0184. The Morgan fingerprint density at radius 1 is 1.50 bits per heavy atom. The Hall–Kier alpha value is -0.410. The third-order valence-corrected chi connectivity index (χ3v) is 2.27. The van der Waals surface area contributed by atoms with Gasteiger partial charge in [-0.1, -0.05) is 0 Å². The van der Waals surface area contributed by atoms with Crippen molar-refractivity contribution in [2.45, 2.75) is 31.8 Å². The van der Waals surface area contributed by atoms with Gasteiger partial charge in [0, 0.05) is 12.8 Å². The van der Waals surface area contributed by atoms with Crippen LogP contribution < -0.4 is 0 Å². The molecule has 0 saturated heterocycles. The standard InChI is InChI=1S/C9H17NO2/c1-10-8-2-4-9(5-3-8)12-7-6-11/h9,11H,2-7H2,1H3. The normalized spacial score (nSPS) is 24.2. The average molecular weight is 171 g/mol. The van der Waals surface area contributed by atoms with Crippen molar-refractivity contribution in [3.63, 3.8) is 0 Å². The fourth-order valence-electron chi connectivity index (χ4n) is 1.53. The highest BCUT2D eigenvalue weighted by Crippen LogP contribution is 2.18. The van der Waals surface area contributed by atoms with Crippen LogP contribution in [0.15, 0.2) is 4.99 Å². The summed E-state index contributed by atoms with van der Waals surface area (Å²) in [5.41, 5.74) is 1.30. The zero-order valence-electron chi connectivity index (χ0n) is 7.62. The Kier molecular flexibility index (Phi) is 4.25. The van der Waals surface area contributed by atoms with Gasteiger partial charge in [-0.15, -0.1) is 0 Å². The van der Waals surface area contributed by atoms with Gasteiger partial charge in [0.1, 0.15) is 0 Å². The maximum absolute atomic E-state index is 8.55. The van der Waals surface area contributed by atoms with E-state index in [9.17, 15) is 0 Å². The molecular weight excluding hydrogens is 154 g/mol. The Balaban J connectivity index is 2.17. The van der Waals surface area contributed by atoms with Gasteiger partial charge in [0.05, 0.1) is 19.3 Å². The van der Waals surface area contributed by atoms with Gasteiger partial charge in [-0.3, -0.25) is 4.99 Å². The van der Waals surface area contributed by atoms with Crippen LogP contribution in [-0.4, -0.2) is 37.2 Å². The quantitative estimate of drug-likeness (QED) is 0.688. The molecule has 70 valence electrons. The number of hydrogen-bond donors (Lipinski definition) is 1. The molecule has 1 fully saturated rings. The molecule has 1 N–H and O–H groups in total. The fourth-order valence-corrected chi connectivity index (χ4v) is 1.53. The molecule has 0 aliphatic heterocycles. The van der Waals surface area contributed by atoms with E-state index in [0.29, 0.717) is 12.7 Å². The average Bonchev–Trinajstić information content (AvgIpc) is 2.15. The summed E-state index contributed by atoms with van der Waals surface area (Å²) in [5, 5.41) is 8.55. The summed E-state index contributed by atoms with van der Waals surface area (Å²) < 4.78 is 5.42. The van der Waals surface area contributed by atoms with Crippen LogP contribution >= 0.6 is 0 Å². The first-order valence-corrected chi connectivity index (χ1v) is 4.54. The highest BCUT2D eigenvalue weighted by molar-refractivity contribution is 5.85. The second-order valence-electron chi connectivity index (χ2n) is 3.08. The number of rotatable bonds is 3.